The molecule has 0 aliphatic carbocycles. The van der Waals surface area contributed by atoms with Crippen LogP contribution >= 0.6 is 11.6 Å². The first-order valence-corrected chi connectivity index (χ1v) is 9.75. The van der Waals surface area contributed by atoms with Gasteiger partial charge in [0.25, 0.3) is 5.91 Å². The van der Waals surface area contributed by atoms with E-state index in [0.29, 0.717) is 23.1 Å². The van der Waals surface area contributed by atoms with Gasteiger partial charge in [-0.05, 0) is 12.1 Å². The molecule has 0 saturated carbocycles. The Bertz CT molecular complexity index is 1480. The van der Waals surface area contributed by atoms with Crippen LogP contribution in [0.15, 0.2) is 45.5 Å². The number of rotatable bonds is 2. The van der Waals surface area contributed by atoms with Crippen LogP contribution < -0.4 is 11.1 Å². The van der Waals surface area contributed by atoms with Gasteiger partial charge in [-0.3, -0.25) is 4.79 Å². The number of carbonyl (C=O) groups excluding carboxylic acids is 1. The van der Waals surface area contributed by atoms with E-state index in [1.807, 2.05) is 0 Å². The SMILES string of the molecule is Cc1nc2c(F)cc(N)cc2o1.Cc1nc2c(F)cc(NC(=O)c3cnc(Cl)cn3)cc2o1. The number of fused-ring (bicyclic) bond motifs is 2. The van der Waals surface area contributed by atoms with Crippen LogP contribution in [0.25, 0.3) is 22.2 Å². The molecule has 0 saturated heterocycles. The molecule has 12 heteroatoms. The van der Waals surface area contributed by atoms with E-state index < -0.39 is 17.5 Å². The number of nitrogens with two attached hydrogens (primary N) is 1. The number of hydrogen-bond acceptors (Lipinski definition) is 8. The van der Waals surface area contributed by atoms with E-state index in [4.69, 9.17) is 26.2 Å². The average Bonchev–Trinajstić information content (AvgIpc) is 3.30. The molecule has 0 aliphatic rings. The molecule has 0 radical (unpaired) electrons. The number of anilines is 2. The number of amides is 1. The van der Waals surface area contributed by atoms with Gasteiger partial charge in [-0.1, -0.05) is 11.6 Å². The lowest BCUT2D eigenvalue weighted by Crippen LogP contribution is -2.14. The summed E-state index contributed by atoms with van der Waals surface area (Å²) in [6, 6.07) is 5.42. The molecular weight excluding hydrogens is 458 g/mol. The largest absolute Gasteiger partial charge is 0.441 e. The minimum atomic E-state index is -0.582. The second kappa shape index (κ2) is 8.79. The fraction of sp³-hybridized carbons (Fsp3) is 0.0952. The molecule has 1 amide bonds. The minimum Gasteiger partial charge on any atom is -0.441 e. The Balaban J connectivity index is 0.000000183. The zero-order chi connectivity index (χ0) is 23.7. The molecule has 0 unspecified atom stereocenters. The second-order valence-corrected chi connectivity index (χ2v) is 7.19. The quantitative estimate of drug-likeness (QED) is 0.349. The van der Waals surface area contributed by atoms with Crippen molar-refractivity contribution in [3.63, 3.8) is 0 Å². The maximum Gasteiger partial charge on any atom is 0.275 e. The fourth-order valence-electron chi connectivity index (χ4n) is 2.92. The molecule has 5 aromatic rings. The minimum absolute atomic E-state index is 0.0636. The average molecular weight is 473 g/mol. The number of aryl methyl sites for hydroxylation is 2. The first kappa shape index (κ1) is 22.1. The van der Waals surface area contributed by atoms with Gasteiger partial charge in [0.1, 0.15) is 21.9 Å². The molecular formula is C21H15ClF2N6O3. The summed E-state index contributed by atoms with van der Waals surface area (Å²) in [5.74, 6) is -0.775. The lowest BCUT2D eigenvalue weighted by atomic mass is 10.2. The highest BCUT2D eigenvalue weighted by atomic mass is 35.5. The van der Waals surface area contributed by atoms with Crippen LogP contribution in [0.4, 0.5) is 20.2 Å². The van der Waals surface area contributed by atoms with Gasteiger partial charge in [-0.2, -0.15) is 0 Å². The van der Waals surface area contributed by atoms with Crippen LogP contribution in [-0.4, -0.2) is 25.8 Å². The van der Waals surface area contributed by atoms with E-state index in [1.165, 1.54) is 24.5 Å². The summed E-state index contributed by atoms with van der Waals surface area (Å²) < 4.78 is 37.2. The Morgan fingerprint density at radius 2 is 1.55 bits per heavy atom. The number of carbonyl (C=O) groups is 1. The van der Waals surface area contributed by atoms with Crippen LogP contribution in [0.5, 0.6) is 0 Å². The van der Waals surface area contributed by atoms with Crippen molar-refractivity contribution in [2.24, 2.45) is 0 Å². The number of oxazole rings is 2. The molecule has 33 heavy (non-hydrogen) atoms. The van der Waals surface area contributed by atoms with Gasteiger partial charge < -0.3 is 19.9 Å². The molecule has 0 bridgehead atoms. The van der Waals surface area contributed by atoms with Gasteiger partial charge >= 0.3 is 0 Å². The van der Waals surface area contributed by atoms with Gasteiger partial charge in [0, 0.05) is 37.4 Å². The van der Waals surface area contributed by atoms with Crippen molar-refractivity contribution >= 4 is 51.1 Å². The molecule has 5 rings (SSSR count). The predicted octanol–water partition coefficient (Wildman–Crippen LogP) is 4.83. The van der Waals surface area contributed by atoms with E-state index in [1.54, 1.807) is 19.9 Å². The molecule has 3 aromatic heterocycles. The normalized spacial score (nSPS) is 10.8. The Morgan fingerprint density at radius 1 is 0.939 bits per heavy atom. The van der Waals surface area contributed by atoms with E-state index >= 15 is 0 Å². The summed E-state index contributed by atoms with van der Waals surface area (Å²) >= 11 is 5.59. The summed E-state index contributed by atoms with van der Waals surface area (Å²) in [5.41, 5.74) is 7.06. The highest BCUT2D eigenvalue weighted by Gasteiger charge is 2.13. The zero-order valence-corrected chi connectivity index (χ0v) is 17.9. The van der Waals surface area contributed by atoms with Crippen molar-refractivity contribution in [3.8, 4) is 0 Å². The van der Waals surface area contributed by atoms with Crippen LogP contribution in [0, 0.1) is 25.5 Å². The van der Waals surface area contributed by atoms with Crippen molar-refractivity contribution in [3.05, 3.63) is 70.9 Å². The Hall–Kier alpha value is -4.12. The van der Waals surface area contributed by atoms with E-state index in [2.05, 4.69) is 25.3 Å². The maximum atomic E-state index is 13.8. The number of nitrogens with zero attached hydrogens (tertiary/aromatic N) is 4. The number of hydrogen-bond donors (Lipinski definition) is 2. The fourth-order valence-corrected chi connectivity index (χ4v) is 3.01. The highest BCUT2D eigenvalue weighted by Crippen LogP contribution is 2.24. The standard InChI is InChI=1S/C13H8ClFN4O2.C8H7FN2O/c1-6-18-12-8(15)2-7(3-10(12)21-6)19-13(20)9-4-17-11(14)5-16-9;1-4-11-8-6(9)2-5(10)3-7(8)12-4/h2-5H,1H3,(H,19,20);2-3H,10H2,1H3. The predicted molar refractivity (Wildman–Crippen MR) is 117 cm³/mol. The first-order chi connectivity index (χ1) is 15.7. The topological polar surface area (TPSA) is 133 Å². The monoisotopic (exact) mass is 472 g/mol. The van der Waals surface area contributed by atoms with Gasteiger partial charge in [0.15, 0.2) is 34.6 Å². The summed E-state index contributed by atoms with van der Waals surface area (Å²) in [6.07, 6.45) is 2.48. The Morgan fingerprint density at radius 3 is 2.15 bits per heavy atom. The smallest absolute Gasteiger partial charge is 0.275 e. The van der Waals surface area contributed by atoms with Crippen molar-refractivity contribution in [1.82, 2.24) is 19.9 Å². The molecule has 0 spiro atoms. The van der Waals surface area contributed by atoms with Gasteiger partial charge in [-0.15, -0.1) is 0 Å². The third-order valence-electron chi connectivity index (χ3n) is 4.24. The second-order valence-electron chi connectivity index (χ2n) is 6.80. The molecule has 168 valence electrons. The molecule has 3 N–H and O–H groups in total. The van der Waals surface area contributed by atoms with Crippen LogP contribution in [0.2, 0.25) is 5.15 Å². The summed E-state index contributed by atoms with van der Waals surface area (Å²) in [7, 11) is 0. The summed E-state index contributed by atoms with van der Waals surface area (Å²) in [6.45, 7) is 3.27. The third-order valence-corrected chi connectivity index (χ3v) is 4.44. The van der Waals surface area contributed by atoms with E-state index in [9.17, 15) is 13.6 Å². The van der Waals surface area contributed by atoms with Gasteiger partial charge in [0.05, 0.1) is 12.4 Å². The highest BCUT2D eigenvalue weighted by molar-refractivity contribution is 6.29. The van der Waals surface area contributed by atoms with Crippen LogP contribution in [0.3, 0.4) is 0 Å². The van der Waals surface area contributed by atoms with Crippen LogP contribution in [-0.2, 0) is 0 Å². The zero-order valence-electron chi connectivity index (χ0n) is 17.2. The number of nitrogens with one attached hydrogen (secondary N) is 1. The van der Waals surface area contributed by atoms with Crippen molar-refractivity contribution in [2.75, 3.05) is 11.1 Å². The number of halogens is 3. The van der Waals surface area contributed by atoms with Crippen molar-refractivity contribution < 1.29 is 22.4 Å². The summed E-state index contributed by atoms with van der Waals surface area (Å²) in [4.78, 5) is 27.3. The molecule has 0 atom stereocenters. The van der Waals surface area contributed by atoms with Crippen molar-refractivity contribution in [1.29, 1.82) is 0 Å². The number of aromatic nitrogens is 4. The van der Waals surface area contributed by atoms with E-state index in [0.717, 1.165) is 6.07 Å². The lowest BCUT2D eigenvalue weighted by molar-refractivity contribution is 0.102. The molecule has 0 fully saturated rings. The lowest BCUT2D eigenvalue weighted by Gasteiger charge is -2.04. The van der Waals surface area contributed by atoms with Gasteiger partial charge in [0.2, 0.25) is 0 Å². The van der Waals surface area contributed by atoms with Gasteiger partial charge in [-0.25, -0.2) is 28.7 Å². The number of nitrogen functional groups attached to an aromatic ring is 1. The summed E-state index contributed by atoms with van der Waals surface area (Å²) in [5, 5.41) is 2.68. The molecule has 3 heterocycles. The number of benzene rings is 2. The Kier molecular flexibility index (Phi) is 5.88. The third kappa shape index (κ3) is 4.88. The molecule has 2 aromatic carbocycles. The van der Waals surface area contributed by atoms with Crippen LogP contribution in [0.1, 0.15) is 22.3 Å². The van der Waals surface area contributed by atoms with E-state index in [-0.39, 0.29) is 33.2 Å². The molecule has 0 aliphatic heterocycles. The Labute approximate surface area is 189 Å². The maximum absolute atomic E-state index is 13.8. The first-order valence-electron chi connectivity index (χ1n) is 9.37. The van der Waals surface area contributed by atoms with Crippen molar-refractivity contribution in [2.45, 2.75) is 13.8 Å². The molecule has 9 nitrogen and oxygen atoms in total.